The van der Waals surface area contributed by atoms with E-state index in [0.717, 1.165) is 25.7 Å². The molecule has 1 aromatic heterocycles. The highest BCUT2D eigenvalue weighted by molar-refractivity contribution is 7.89. The van der Waals surface area contributed by atoms with Gasteiger partial charge in [0.05, 0.1) is 0 Å². The van der Waals surface area contributed by atoms with Gasteiger partial charge in [0, 0.05) is 31.5 Å². The molecule has 1 aromatic rings. The molecule has 1 N–H and O–H groups in total. The van der Waals surface area contributed by atoms with E-state index in [9.17, 15) is 13.2 Å². The molecule has 1 aliphatic rings. The van der Waals surface area contributed by atoms with Crippen LogP contribution in [-0.2, 0) is 10.0 Å². The molecule has 0 unspecified atom stereocenters. The number of pyridine rings is 1. The lowest BCUT2D eigenvalue weighted by Gasteiger charge is -2.19. The summed E-state index contributed by atoms with van der Waals surface area (Å²) in [7, 11) is -3.63. The molecule has 0 bridgehead atoms. The van der Waals surface area contributed by atoms with Crippen molar-refractivity contribution in [1.29, 1.82) is 0 Å². The van der Waals surface area contributed by atoms with Gasteiger partial charge in [-0.05, 0) is 12.8 Å². The van der Waals surface area contributed by atoms with Crippen molar-refractivity contribution in [3.8, 4) is 0 Å². The van der Waals surface area contributed by atoms with E-state index in [1.165, 1.54) is 22.8 Å². The first-order valence-electron chi connectivity index (χ1n) is 5.79. The highest BCUT2D eigenvalue weighted by atomic mass is 32.2. The third-order valence-electron chi connectivity index (χ3n) is 2.97. The lowest BCUT2D eigenvalue weighted by atomic mass is 10.2. The summed E-state index contributed by atoms with van der Waals surface area (Å²) < 4.78 is 26.0. The third-order valence-corrected chi connectivity index (χ3v) is 4.89. The fourth-order valence-electron chi connectivity index (χ4n) is 2.02. The second-order valence-corrected chi connectivity index (χ2v) is 6.10. The average molecular weight is 256 g/mol. The van der Waals surface area contributed by atoms with E-state index in [-0.39, 0.29) is 4.90 Å². The van der Waals surface area contributed by atoms with E-state index in [0.29, 0.717) is 13.1 Å². The van der Waals surface area contributed by atoms with E-state index in [4.69, 9.17) is 0 Å². The van der Waals surface area contributed by atoms with Gasteiger partial charge < -0.3 is 4.98 Å². The Balaban J connectivity index is 2.36. The summed E-state index contributed by atoms with van der Waals surface area (Å²) in [6, 6.07) is 1.24. The smallest absolute Gasteiger partial charge is 0.248 e. The number of rotatable bonds is 2. The molecule has 1 fully saturated rings. The number of nitrogens with one attached hydrogen (secondary N) is 1. The first kappa shape index (κ1) is 12.3. The third kappa shape index (κ3) is 2.58. The van der Waals surface area contributed by atoms with Crippen molar-refractivity contribution in [1.82, 2.24) is 9.29 Å². The van der Waals surface area contributed by atoms with Crippen LogP contribution in [0, 0.1) is 0 Å². The van der Waals surface area contributed by atoms with Crippen molar-refractivity contribution in [2.24, 2.45) is 0 Å². The molecule has 2 rings (SSSR count). The average Bonchev–Trinajstić information content (AvgIpc) is 2.58. The van der Waals surface area contributed by atoms with Gasteiger partial charge >= 0.3 is 0 Å². The summed E-state index contributed by atoms with van der Waals surface area (Å²) in [5, 5.41) is 0. The van der Waals surface area contributed by atoms with Crippen LogP contribution in [0.3, 0.4) is 0 Å². The standard InChI is InChI=1S/C11H16N2O3S/c14-10-5-6-12-9-11(10)17(15,16)13-7-3-1-2-4-8-13/h5-6,9H,1-4,7-8H2,(H,12,14). The minimum atomic E-state index is -3.63. The van der Waals surface area contributed by atoms with Gasteiger partial charge in [-0.1, -0.05) is 12.8 Å². The monoisotopic (exact) mass is 256 g/mol. The maximum absolute atomic E-state index is 12.3. The van der Waals surface area contributed by atoms with Crippen LogP contribution in [0.2, 0.25) is 0 Å². The highest BCUT2D eigenvalue weighted by Crippen LogP contribution is 2.17. The summed E-state index contributed by atoms with van der Waals surface area (Å²) in [5.41, 5.74) is -0.451. The van der Waals surface area contributed by atoms with Crippen molar-refractivity contribution < 1.29 is 8.42 Å². The van der Waals surface area contributed by atoms with Crippen molar-refractivity contribution in [2.75, 3.05) is 13.1 Å². The Hall–Kier alpha value is -1.14. The maximum Gasteiger partial charge on any atom is 0.248 e. The fraction of sp³-hybridized carbons (Fsp3) is 0.545. The molecular formula is C11H16N2O3S. The molecule has 0 aliphatic carbocycles. The van der Waals surface area contributed by atoms with Gasteiger partial charge in [0.25, 0.3) is 0 Å². The molecule has 1 aliphatic heterocycles. The highest BCUT2D eigenvalue weighted by Gasteiger charge is 2.27. The summed E-state index contributed by atoms with van der Waals surface area (Å²) >= 11 is 0. The number of aromatic nitrogens is 1. The molecule has 2 heterocycles. The van der Waals surface area contributed by atoms with E-state index < -0.39 is 15.5 Å². The molecule has 0 radical (unpaired) electrons. The minimum Gasteiger partial charge on any atom is -0.366 e. The molecule has 6 heteroatoms. The largest absolute Gasteiger partial charge is 0.366 e. The zero-order chi connectivity index (χ0) is 12.3. The van der Waals surface area contributed by atoms with Crippen LogP contribution in [0.5, 0.6) is 0 Å². The van der Waals surface area contributed by atoms with Crippen LogP contribution in [0.15, 0.2) is 28.2 Å². The second kappa shape index (κ2) is 5.01. The van der Waals surface area contributed by atoms with Gasteiger partial charge in [-0.3, -0.25) is 4.79 Å². The van der Waals surface area contributed by atoms with Gasteiger partial charge in [-0.25, -0.2) is 8.42 Å². The molecular weight excluding hydrogens is 240 g/mol. The van der Waals surface area contributed by atoms with E-state index in [1.54, 1.807) is 0 Å². The Morgan fingerprint density at radius 2 is 1.76 bits per heavy atom. The van der Waals surface area contributed by atoms with Crippen LogP contribution < -0.4 is 5.43 Å². The maximum atomic E-state index is 12.3. The Morgan fingerprint density at radius 3 is 2.35 bits per heavy atom. The van der Waals surface area contributed by atoms with Crippen molar-refractivity contribution in [2.45, 2.75) is 30.6 Å². The lowest BCUT2D eigenvalue weighted by Crippen LogP contribution is -2.34. The predicted octanol–water partition coefficient (Wildman–Crippen LogP) is 0.940. The van der Waals surface area contributed by atoms with Gasteiger partial charge in [-0.15, -0.1) is 0 Å². The Morgan fingerprint density at radius 1 is 1.12 bits per heavy atom. The molecule has 1 saturated heterocycles. The topological polar surface area (TPSA) is 70.2 Å². The van der Waals surface area contributed by atoms with Crippen LogP contribution in [0.1, 0.15) is 25.7 Å². The first-order valence-corrected chi connectivity index (χ1v) is 7.23. The van der Waals surface area contributed by atoms with Crippen LogP contribution in [0.4, 0.5) is 0 Å². The van der Waals surface area contributed by atoms with Gasteiger partial charge in [0.1, 0.15) is 4.90 Å². The van der Waals surface area contributed by atoms with Gasteiger partial charge in [0.15, 0.2) is 0 Å². The number of sulfonamides is 1. The van der Waals surface area contributed by atoms with Crippen LogP contribution in [0.25, 0.3) is 0 Å². The van der Waals surface area contributed by atoms with E-state index in [1.807, 2.05) is 0 Å². The molecule has 17 heavy (non-hydrogen) atoms. The van der Waals surface area contributed by atoms with Crippen LogP contribution in [-0.4, -0.2) is 30.8 Å². The molecule has 5 nitrogen and oxygen atoms in total. The predicted molar refractivity (Wildman–Crippen MR) is 64.3 cm³/mol. The first-order chi connectivity index (χ1) is 8.12. The lowest BCUT2D eigenvalue weighted by molar-refractivity contribution is 0.423. The molecule has 0 aromatic carbocycles. The number of nitrogens with zero attached hydrogens (tertiary/aromatic N) is 1. The zero-order valence-electron chi connectivity index (χ0n) is 9.55. The zero-order valence-corrected chi connectivity index (χ0v) is 10.4. The summed E-state index contributed by atoms with van der Waals surface area (Å²) in [5.74, 6) is 0. The molecule has 0 spiro atoms. The SMILES string of the molecule is O=c1cc[nH]cc1S(=O)(=O)N1CCCCCC1. The molecule has 0 atom stereocenters. The fourth-order valence-corrected chi connectivity index (χ4v) is 3.58. The van der Waals surface area contributed by atoms with Crippen molar-refractivity contribution in [3.63, 3.8) is 0 Å². The summed E-state index contributed by atoms with van der Waals surface area (Å²) in [4.78, 5) is 14.1. The Bertz CT molecular complexity index is 528. The van der Waals surface area contributed by atoms with Crippen molar-refractivity contribution in [3.05, 3.63) is 28.7 Å². The molecule has 0 amide bonds. The van der Waals surface area contributed by atoms with Crippen molar-refractivity contribution >= 4 is 10.0 Å². The quantitative estimate of drug-likeness (QED) is 0.856. The van der Waals surface area contributed by atoms with Gasteiger partial charge in [-0.2, -0.15) is 4.31 Å². The normalized spacial score (nSPS) is 18.8. The summed E-state index contributed by atoms with van der Waals surface area (Å²) in [6.07, 6.45) is 6.54. The Kier molecular flexibility index (Phi) is 3.63. The van der Waals surface area contributed by atoms with E-state index in [2.05, 4.69) is 4.98 Å². The molecule has 94 valence electrons. The number of hydrogen-bond donors (Lipinski definition) is 1. The summed E-state index contributed by atoms with van der Waals surface area (Å²) in [6.45, 7) is 1.02. The second-order valence-electron chi connectivity index (χ2n) is 4.19. The van der Waals surface area contributed by atoms with E-state index >= 15 is 0 Å². The number of hydrogen-bond acceptors (Lipinski definition) is 3. The number of H-pyrrole nitrogens is 1. The van der Waals surface area contributed by atoms with Crippen LogP contribution >= 0.6 is 0 Å². The van der Waals surface area contributed by atoms with Gasteiger partial charge in [0.2, 0.25) is 15.5 Å². The minimum absolute atomic E-state index is 0.151. The number of aromatic amines is 1. The Labute approximate surface area is 101 Å². The molecule has 0 saturated carbocycles.